The first-order valence-corrected chi connectivity index (χ1v) is 5.77. The summed E-state index contributed by atoms with van der Waals surface area (Å²) in [4.78, 5) is 16.1. The molecule has 1 aromatic heterocycles. The van der Waals surface area contributed by atoms with Gasteiger partial charge in [0.15, 0.2) is 5.78 Å². The molecule has 0 bridgehead atoms. The fourth-order valence-electron chi connectivity index (χ4n) is 2.03. The molecule has 1 aromatic rings. The zero-order chi connectivity index (χ0) is 11.4. The van der Waals surface area contributed by atoms with Crippen LogP contribution in [0.2, 0.25) is 0 Å². The number of ketones is 1. The highest BCUT2D eigenvalue weighted by Crippen LogP contribution is 2.26. The summed E-state index contributed by atoms with van der Waals surface area (Å²) in [6, 6.07) is 3.78. The summed E-state index contributed by atoms with van der Waals surface area (Å²) in [5.41, 5.74) is 0.386. The van der Waals surface area contributed by atoms with Crippen LogP contribution in [-0.4, -0.2) is 23.0 Å². The van der Waals surface area contributed by atoms with Gasteiger partial charge in [0.1, 0.15) is 5.60 Å². The maximum Gasteiger partial charge on any atom is 0.168 e. The van der Waals surface area contributed by atoms with Gasteiger partial charge in [-0.2, -0.15) is 0 Å². The monoisotopic (exact) mass is 219 g/mol. The molecule has 0 saturated carbocycles. The van der Waals surface area contributed by atoms with E-state index in [0.29, 0.717) is 13.0 Å². The lowest BCUT2D eigenvalue weighted by Gasteiger charge is -2.32. The molecule has 1 aliphatic heterocycles. The lowest BCUT2D eigenvalue weighted by molar-refractivity contribution is -0.147. The van der Waals surface area contributed by atoms with E-state index < -0.39 is 5.60 Å². The predicted octanol–water partition coefficient (Wildman–Crippen LogP) is 2.15. The van der Waals surface area contributed by atoms with E-state index in [1.807, 2.05) is 19.1 Å². The molecule has 0 amide bonds. The largest absolute Gasteiger partial charge is 0.367 e. The van der Waals surface area contributed by atoms with Crippen LogP contribution in [0.15, 0.2) is 24.5 Å². The van der Waals surface area contributed by atoms with Crippen LogP contribution in [0.5, 0.6) is 0 Å². The van der Waals surface area contributed by atoms with Gasteiger partial charge in [0.25, 0.3) is 0 Å². The standard InChI is InChI=1S/C13H17NO2/c1-13(6-2-3-8-16-13)12(15)9-11-5-4-7-14-10-11/h4-5,7,10H,2-3,6,8-9H2,1H3. The van der Waals surface area contributed by atoms with Crippen molar-refractivity contribution in [1.29, 1.82) is 0 Å². The van der Waals surface area contributed by atoms with E-state index in [1.54, 1.807) is 12.4 Å². The zero-order valence-electron chi connectivity index (χ0n) is 9.61. The number of aromatic nitrogens is 1. The second kappa shape index (κ2) is 4.74. The zero-order valence-corrected chi connectivity index (χ0v) is 9.61. The number of hydrogen-bond acceptors (Lipinski definition) is 3. The Morgan fingerprint density at radius 3 is 3.06 bits per heavy atom. The molecule has 0 radical (unpaired) electrons. The summed E-state index contributed by atoms with van der Waals surface area (Å²) in [5.74, 6) is 0.167. The highest BCUT2D eigenvalue weighted by Gasteiger charge is 2.35. The van der Waals surface area contributed by atoms with Gasteiger partial charge < -0.3 is 4.74 Å². The van der Waals surface area contributed by atoms with Crippen LogP contribution in [0.4, 0.5) is 0 Å². The van der Waals surface area contributed by atoms with Crippen molar-refractivity contribution >= 4 is 5.78 Å². The molecular weight excluding hydrogens is 202 g/mol. The Morgan fingerprint density at radius 2 is 2.44 bits per heavy atom. The maximum absolute atomic E-state index is 12.1. The summed E-state index contributed by atoms with van der Waals surface area (Å²) < 4.78 is 5.63. The van der Waals surface area contributed by atoms with E-state index in [9.17, 15) is 4.79 Å². The minimum Gasteiger partial charge on any atom is -0.367 e. The van der Waals surface area contributed by atoms with E-state index in [-0.39, 0.29) is 5.78 Å². The predicted molar refractivity (Wildman–Crippen MR) is 61.2 cm³/mol. The molecule has 1 aliphatic rings. The van der Waals surface area contributed by atoms with Crippen molar-refractivity contribution in [2.24, 2.45) is 0 Å². The van der Waals surface area contributed by atoms with Gasteiger partial charge in [-0.1, -0.05) is 6.07 Å². The van der Waals surface area contributed by atoms with E-state index in [4.69, 9.17) is 4.74 Å². The van der Waals surface area contributed by atoms with E-state index in [1.165, 1.54) is 0 Å². The summed E-state index contributed by atoms with van der Waals surface area (Å²) in [7, 11) is 0. The first-order chi connectivity index (χ1) is 7.71. The van der Waals surface area contributed by atoms with Gasteiger partial charge in [-0.3, -0.25) is 9.78 Å². The maximum atomic E-state index is 12.1. The molecule has 86 valence electrons. The van der Waals surface area contributed by atoms with Crippen LogP contribution >= 0.6 is 0 Å². The van der Waals surface area contributed by atoms with Crippen LogP contribution in [0.3, 0.4) is 0 Å². The number of pyridine rings is 1. The van der Waals surface area contributed by atoms with Gasteiger partial charge in [-0.05, 0) is 37.8 Å². The molecule has 1 atom stereocenters. The molecule has 1 saturated heterocycles. The van der Waals surface area contributed by atoms with E-state index in [0.717, 1.165) is 24.8 Å². The quantitative estimate of drug-likeness (QED) is 0.782. The Bertz CT molecular complexity index is 355. The number of carbonyl (C=O) groups excluding carboxylic acids is 1. The molecule has 0 N–H and O–H groups in total. The van der Waals surface area contributed by atoms with Crippen LogP contribution in [0, 0.1) is 0 Å². The second-order valence-electron chi connectivity index (χ2n) is 4.50. The van der Waals surface area contributed by atoms with Gasteiger partial charge in [0.05, 0.1) is 0 Å². The van der Waals surface area contributed by atoms with Gasteiger partial charge in [-0.25, -0.2) is 0 Å². The molecule has 2 rings (SSSR count). The van der Waals surface area contributed by atoms with Gasteiger partial charge in [-0.15, -0.1) is 0 Å². The molecule has 3 heteroatoms. The first-order valence-electron chi connectivity index (χ1n) is 5.77. The third-order valence-corrected chi connectivity index (χ3v) is 3.15. The summed E-state index contributed by atoms with van der Waals surface area (Å²) >= 11 is 0. The Morgan fingerprint density at radius 1 is 1.56 bits per heavy atom. The van der Waals surface area contributed by atoms with E-state index in [2.05, 4.69) is 4.98 Å². The minimum atomic E-state index is -0.575. The fourth-order valence-corrected chi connectivity index (χ4v) is 2.03. The van der Waals surface area contributed by atoms with Crippen LogP contribution < -0.4 is 0 Å². The first kappa shape index (κ1) is 11.3. The van der Waals surface area contributed by atoms with Crippen molar-refractivity contribution in [1.82, 2.24) is 4.98 Å². The minimum absolute atomic E-state index is 0.167. The lowest BCUT2D eigenvalue weighted by atomic mass is 9.88. The van der Waals surface area contributed by atoms with Gasteiger partial charge in [0, 0.05) is 25.4 Å². The van der Waals surface area contributed by atoms with Crippen molar-refractivity contribution in [3.63, 3.8) is 0 Å². The van der Waals surface area contributed by atoms with Crippen LogP contribution in [-0.2, 0) is 16.0 Å². The highest BCUT2D eigenvalue weighted by atomic mass is 16.5. The van der Waals surface area contributed by atoms with Crippen molar-refractivity contribution in [3.8, 4) is 0 Å². The SMILES string of the molecule is CC1(C(=O)Cc2cccnc2)CCCCO1. The number of Topliss-reactive ketones (excluding diaryl/α,β-unsaturated/α-hetero) is 1. The van der Waals surface area contributed by atoms with Gasteiger partial charge >= 0.3 is 0 Å². The number of hydrogen-bond donors (Lipinski definition) is 0. The van der Waals surface area contributed by atoms with Crippen molar-refractivity contribution in [2.45, 2.75) is 38.2 Å². The Kier molecular flexibility index (Phi) is 3.34. The molecule has 1 unspecified atom stereocenters. The molecule has 0 aliphatic carbocycles. The number of carbonyl (C=O) groups is 1. The number of nitrogens with zero attached hydrogens (tertiary/aromatic N) is 1. The molecule has 1 fully saturated rings. The average molecular weight is 219 g/mol. The normalized spacial score (nSPS) is 25.3. The Labute approximate surface area is 95.8 Å². The molecular formula is C13H17NO2. The summed E-state index contributed by atoms with van der Waals surface area (Å²) in [6.07, 6.45) is 6.86. The Balaban J connectivity index is 2.02. The molecule has 2 heterocycles. The summed E-state index contributed by atoms with van der Waals surface area (Å²) in [6.45, 7) is 2.61. The average Bonchev–Trinajstić information content (AvgIpc) is 2.31. The third-order valence-electron chi connectivity index (χ3n) is 3.15. The van der Waals surface area contributed by atoms with Crippen LogP contribution in [0.1, 0.15) is 31.7 Å². The smallest absolute Gasteiger partial charge is 0.168 e. The number of rotatable bonds is 3. The van der Waals surface area contributed by atoms with E-state index >= 15 is 0 Å². The van der Waals surface area contributed by atoms with Crippen molar-refractivity contribution < 1.29 is 9.53 Å². The topological polar surface area (TPSA) is 39.2 Å². The van der Waals surface area contributed by atoms with Crippen LogP contribution in [0.25, 0.3) is 0 Å². The Hall–Kier alpha value is -1.22. The van der Waals surface area contributed by atoms with Gasteiger partial charge in [0.2, 0.25) is 0 Å². The lowest BCUT2D eigenvalue weighted by Crippen LogP contribution is -2.42. The molecule has 0 spiro atoms. The summed E-state index contributed by atoms with van der Waals surface area (Å²) in [5, 5.41) is 0. The molecule has 3 nitrogen and oxygen atoms in total. The third kappa shape index (κ3) is 2.47. The highest BCUT2D eigenvalue weighted by molar-refractivity contribution is 5.88. The second-order valence-corrected chi connectivity index (χ2v) is 4.50. The molecule has 16 heavy (non-hydrogen) atoms. The van der Waals surface area contributed by atoms with Crippen molar-refractivity contribution in [2.75, 3.05) is 6.61 Å². The molecule has 0 aromatic carbocycles. The number of ether oxygens (including phenoxy) is 1. The fraction of sp³-hybridized carbons (Fsp3) is 0.538. The van der Waals surface area contributed by atoms with Crippen molar-refractivity contribution in [3.05, 3.63) is 30.1 Å².